The summed E-state index contributed by atoms with van der Waals surface area (Å²) in [6.45, 7) is 2.04. The van der Waals surface area contributed by atoms with Crippen LogP contribution in [0.4, 0.5) is 5.95 Å². The fourth-order valence-corrected chi connectivity index (χ4v) is 3.07. The molecule has 2 aromatic rings. The number of likely N-dealkylation sites (tertiary alicyclic amines) is 1. The highest BCUT2D eigenvalue weighted by Gasteiger charge is 2.25. The standard InChI is InChI=1S/C16H24N6/c1-20(2)16-17-8-7-14(19-16)15-6-4-5-9-22(15)12-13-10-18-21(3)11-13/h7-8,10-11,15H,4-6,9,12H2,1-3H3/t15-/m1/s1. The molecule has 0 radical (unpaired) electrons. The van der Waals surface area contributed by atoms with Gasteiger partial charge in [-0.3, -0.25) is 9.58 Å². The van der Waals surface area contributed by atoms with Crippen LogP contribution in [0.15, 0.2) is 24.7 Å². The molecule has 0 N–H and O–H groups in total. The molecule has 0 spiro atoms. The summed E-state index contributed by atoms with van der Waals surface area (Å²) in [5, 5.41) is 4.27. The molecule has 6 nitrogen and oxygen atoms in total. The van der Waals surface area contributed by atoms with Crippen molar-refractivity contribution in [3.05, 3.63) is 35.9 Å². The Bertz CT molecular complexity index is 621. The van der Waals surface area contributed by atoms with E-state index >= 15 is 0 Å². The topological polar surface area (TPSA) is 50.1 Å². The lowest BCUT2D eigenvalue weighted by Crippen LogP contribution is -2.33. The van der Waals surface area contributed by atoms with Crippen LogP contribution in [-0.2, 0) is 13.6 Å². The fourth-order valence-electron chi connectivity index (χ4n) is 3.07. The van der Waals surface area contributed by atoms with E-state index in [1.54, 1.807) is 0 Å². The van der Waals surface area contributed by atoms with Crippen molar-refractivity contribution in [1.82, 2.24) is 24.6 Å². The van der Waals surface area contributed by atoms with Gasteiger partial charge in [-0.15, -0.1) is 0 Å². The third-order valence-corrected chi connectivity index (χ3v) is 4.16. The second-order valence-corrected chi connectivity index (χ2v) is 6.18. The van der Waals surface area contributed by atoms with E-state index in [9.17, 15) is 0 Å². The molecule has 1 aliphatic rings. The third-order valence-electron chi connectivity index (χ3n) is 4.16. The van der Waals surface area contributed by atoms with E-state index in [1.165, 1.54) is 18.4 Å². The van der Waals surface area contributed by atoms with Crippen LogP contribution in [0.5, 0.6) is 0 Å². The van der Waals surface area contributed by atoms with Gasteiger partial charge in [0.25, 0.3) is 0 Å². The van der Waals surface area contributed by atoms with E-state index in [2.05, 4.69) is 27.2 Å². The minimum atomic E-state index is 0.371. The van der Waals surface area contributed by atoms with Crippen molar-refractivity contribution in [3.8, 4) is 0 Å². The maximum absolute atomic E-state index is 4.75. The molecular weight excluding hydrogens is 276 g/mol. The molecule has 0 amide bonds. The molecule has 0 saturated carbocycles. The molecule has 0 unspecified atom stereocenters. The van der Waals surface area contributed by atoms with Gasteiger partial charge >= 0.3 is 0 Å². The number of hydrogen-bond donors (Lipinski definition) is 0. The minimum Gasteiger partial charge on any atom is -0.347 e. The summed E-state index contributed by atoms with van der Waals surface area (Å²) < 4.78 is 1.86. The average molecular weight is 300 g/mol. The Balaban J connectivity index is 1.81. The monoisotopic (exact) mass is 300 g/mol. The van der Waals surface area contributed by atoms with Crippen molar-refractivity contribution in [1.29, 1.82) is 0 Å². The van der Waals surface area contributed by atoms with Crippen LogP contribution < -0.4 is 4.90 Å². The van der Waals surface area contributed by atoms with Crippen molar-refractivity contribution in [2.24, 2.45) is 7.05 Å². The van der Waals surface area contributed by atoms with Crippen LogP contribution in [0.1, 0.15) is 36.6 Å². The van der Waals surface area contributed by atoms with E-state index in [0.29, 0.717) is 6.04 Å². The second-order valence-electron chi connectivity index (χ2n) is 6.18. The van der Waals surface area contributed by atoms with Crippen LogP contribution in [0.3, 0.4) is 0 Å². The zero-order chi connectivity index (χ0) is 15.5. The number of aromatic nitrogens is 4. The van der Waals surface area contributed by atoms with Crippen LogP contribution >= 0.6 is 0 Å². The zero-order valence-corrected chi connectivity index (χ0v) is 13.6. The fraction of sp³-hybridized carbons (Fsp3) is 0.562. The van der Waals surface area contributed by atoms with E-state index in [1.807, 2.05) is 43.1 Å². The van der Waals surface area contributed by atoms with Crippen molar-refractivity contribution in [2.45, 2.75) is 31.8 Å². The Morgan fingerprint density at radius 1 is 1.32 bits per heavy atom. The number of piperidine rings is 1. The molecule has 1 aliphatic heterocycles. The van der Waals surface area contributed by atoms with Crippen LogP contribution in [0.2, 0.25) is 0 Å². The highest BCUT2D eigenvalue weighted by molar-refractivity contribution is 5.28. The number of aryl methyl sites for hydroxylation is 1. The van der Waals surface area contributed by atoms with E-state index in [-0.39, 0.29) is 0 Å². The molecule has 0 aliphatic carbocycles. The zero-order valence-electron chi connectivity index (χ0n) is 13.6. The smallest absolute Gasteiger partial charge is 0.225 e. The van der Waals surface area contributed by atoms with E-state index in [0.717, 1.165) is 31.2 Å². The first-order chi connectivity index (χ1) is 10.6. The predicted octanol–water partition coefficient (Wildman–Crippen LogP) is 2.00. The first-order valence-corrected chi connectivity index (χ1v) is 7.85. The second kappa shape index (κ2) is 6.44. The van der Waals surface area contributed by atoms with Crippen LogP contribution in [0, 0.1) is 0 Å². The predicted molar refractivity (Wildman–Crippen MR) is 86.6 cm³/mol. The Morgan fingerprint density at radius 3 is 2.91 bits per heavy atom. The van der Waals surface area contributed by atoms with Gasteiger partial charge in [0.15, 0.2) is 0 Å². The molecule has 0 bridgehead atoms. The largest absolute Gasteiger partial charge is 0.347 e. The maximum Gasteiger partial charge on any atom is 0.225 e. The summed E-state index contributed by atoms with van der Waals surface area (Å²) in [6, 6.07) is 2.43. The summed E-state index contributed by atoms with van der Waals surface area (Å²) in [4.78, 5) is 13.5. The van der Waals surface area contributed by atoms with Crippen molar-refractivity contribution < 1.29 is 0 Å². The van der Waals surface area contributed by atoms with E-state index < -0.39 is 0 Å². The maximum atomic E-state index is 4.75. The molecule has 118 valence electrons. The van der Waals surface area contributed by atoms with Crippen molar-refractivity contribution in [2.75, 3.05) is 25.5 Å². The molecule has 1 atom stereocenters. The van der Waals surface area contributed by atoms with Crippen LogP contribution in [0.25, 0.3) is 0 Å². The lowest BCUT2D eigenvalue weighted by atomic mass is 9.98. The third kappa shape index (κ3) is 3.27. The molecule has 22 heavy (non-hydrogen) atoms. The van der Waals surface area contributed by atoms with Gasteiger partial charge in [-0.2, -0.15) is 5.10 Å². The minimum absolute atomic E-state index is 0.371. The summed E-state index contributed by atoms with van der Waals surface area (Å²) >= 11 is 0. The van der Waals surface area contributed by atoms with Gasteiger partial charge in [0.05, 0.1) is 17.9 Å². The average Bonchev–Trinajstić information content (AvgIpc) is 2.93. The van der Waals surface area contributed by atoms with Crippen molar-refractivity contribution in [3.63, 3.8) is 0 Å². The summed E-state index contributed by atoms with van der Waals surface area (Å²) in [6.07, 6.45) is 9.59. The number of nitrogens with zero attached hydrogens (tertiary/aromatic N) is 6. The van der Waals surface area contributed by atoms with Gasteiger partial charge in [0, 0.05) is 45.6 Å². The highest BCUT2D eigenvalue weighted by Crippen LogP contribution is 2.31. The quantitative estimate of drug-likeness (QED) is 0.864. The number of anilines is 1. The summed E-state index contributed by atoms with van der Waals surface area (Å²) in [7, 11) is 5.92. The molecule has 3 rings (SSSR count). The Labute approximate surface area is 131 Å². The van der Waals surface area contributed by atoms with Gasteiger partial charge in [0.1, 0.15) is 0 Å². The molecule has 6 heteroatoms. The molecular formula is C16H24N6. The van der Waals surface area contributed by atoms with Gasteiger partial charge in [-0.1, -0.05) is 6.42 Å². The lowest BCUT2D eigenvalue weighted by Gasteiger charge is -2.35. The highest BCUT2D eigenvalue weighted by atomic mass is 15.3. The lowest BCUT2D eigenvalue weighted by molar-refractivity contribution is 0.137. The van der Waals surface area contributed by atoms with Crippen molar-refractivity contribution >= 4 is 5.95 Å². The van der Waals surface area contributed by atoms with Gasteiger partial charge in [-0.05, 0) is 25.5 Å². The number of rotatable bonds is 4. The summed E-state index contributed by atoms with van der Waals surface area (Å²) in [5.41, 5.74) is 2.39. The van der Waals surface area contributed by atoms with E-state index in [4.69, 9.17) is 4.98 Å². The van der Waals surface area contributed by atoms with Gasteiger partial charge < -0.3 is 4.90 Å². The Morgan fingerprint density at radius 2 is 2.18 bits per heavy atom. The Kier molecular flexibility index (Phi) is 4.38. The SMILES string of the molecule is CN(C)c1nccc([C@H]2CCCCN2Cc2cnn(C)c2)n1. The molecule has 2 aromatic heterocycles. The first-order valence-electron chi connectivity index (χ1n) is 7.85. The first kappa shape index (κ1) is 15.0. The number of hydrogen-bond acceptors (Lipinski definition) is 5. The summed E-state index contributed by atoms with van der Waals surface area (Å²) in [5.74, 6) is 0.782. The van der Waals surface area contributed by atoms with Gasteiger partial charge in [-0.25, -0.2) is 9.97 Å². The normalized spacial score (nSPS) is 19.3. The van der Waals surface area contributed by atoms with Crippen LogP contribution in [-0.4, -0.2) is 45.3 Å². The molecule has 1 fully saturated rings. The molecule has 3 heterocycles. The Hall–Kier alpha value is -1.95. The molecule has 0 aromatic carbocycles. The van der Waals surface area contributed by atoms with Gasteiger partial charge in [0.2, 0.25) is 5.95 Å². The molecule has 1 saturated heterocycles.